The van der Waals surface area contributed by atoms with Crippen LogP contribution in [-0.2, 0) is 10.0 Å². The topological polar surface area (TPSA) is 81.4 Å². The van der Waals surface area contributed by atoms with E-state index in [0.717, 1.165) is 24.3 Å². The third kappa shape index (κ3) is 5.44. The Morgan fingerprint density at radius 3 is 2.24 bits per heavy atom. The Labute approximate surface area is 116 Å². The smallest absolute Gasteiger partial charge is 0.404 e. The minimum absolute atomic E-state index is 0.753. The predicted molar refractivity (Wildman–Crippen MR) is 62.3 cm³/mol. The van der Waals surface area contributed by atoms with Crippen molar-refractivity contribution in [3.8, 4) is 5.75 Å². The van der Waals surface area contributed by atoms with Gasteiger partial charge in [0.05, 0.1) is 13.1 Å². The van der Waals surface area contributed by atoms with Crippen LogP contribution in [0.2, 0.25) is 0 Å². The Morgan fingerprint density at radius 2 is 1.71 bits per heavy atom. The van der Waals surface area contributed by atoms with Crippen molar-refractivity contribution in [3.63, 3.8) is 0 Å². The van der Waals surface area contributed by atoms with Crippen molar-refractivity contribution in [2.45, 2.75) is 17.2 Å². The van der Waals surface area contributed by atoms with E-state index >= 15 is 0 Å². The molecule has 0 atom stereocenters. The number of hydrogen-bond donors (Lipinski definition) is 2. The predicted octanol–water partition coefficient (Wildman–Crippen LogP) is 1.46. The van der Waals surface area contributed by atoms with Crippen molar-refractivity contribution in [1.29, 1.82) is 0 Å². The molecule has 0 aliphatic heterocycles. The molecule has 120 valence electrons. The molecule has 0 saturated heterocycles. The van der Waals surface area contributed by atoms with Crippen LogP contribution in [0.15, 0.2) is 29.2 Å². The molecule has 0 fully saturated rings. The summed E-state index contributed by atoms with van der Waals surface area (Å²) in [6.45, 7) is -2.46. The van der Waals surface area contributed by atoms with Gasteiger partial charge in [-0.05, 0) is 12.1 Å². The zero-order chi connectivity index (χ0) is 16.3. The molecule has 0 radical (unpaired) electrons. The maximum absolute atomic E-state index is 12.9. The summed E-state index contributed by atoms with van der Waals surface area (Å²) in [5.41, 5.74) is 4.73. The van der Waals surface area contributed by atoms with Gasteiger partial charge in [0.25, 0.3) is 5.92 Å². The number of halogens is 5. The van der Waals surface area contributed by atoms with Crippen molar-refractivity contribution in [2.24, 2.45) is 5.73 Å². The van der Waals surface area contributed by atoms with Crippen LogP contribution in [0.5, 0.6) is 5.75 Å². The first-order valence-electron chi connectivity index (χ1n) is 5.39. The molecule has 0 heterocycles. The van der Waals surface area contributed by atoms with Gasteiger partial charge in [-0.1, -0.05) is 12.1 Å². The lowest BCUT2D eigenvalue weighted by molar-refractivity contribution is -0.275. The Hall–Kier alpha value is -1.46. The van der Waals surface area contributed by atoms with Gasteiger partial charge < -0.3 is 10.5 Å². The molecule has 1 aromatic carbocycles. The van der Waals surface area contributed by atoms with Gasteiger partial charge in [-0.25, -0.2) is 21.9 Å². The lowest BCUT2D eigenvalue weighted by Crippen LogP contribution is -2.41. The Morgan fingerprint density at radius 1 is 1.14 bits per heavy atom. The molecule has 21 heavy (non-hydrogen) atoms. The minimum atomic E-state index is -5.12. The normalized spacial score (nSPS) is 13.2. The maximum Gasteiger partial charge on any atom is 0.573 e. The molecule has 5 nitrogen and oxygen atoms in total. The molecule has 0 aliphatic rings. The zero-order valence-electron chi connectivity index (χ0n) is 10.3. The fourth-order valence-corrected chi connectivity index (χ4v) is 2.42. The molecule has 11 heteroatoms. The fourth-order valence-electron chi connectivity index (χ4n) is 1.23. The van der Waals surface area contributed by atoms with E-state index in [0.29, 0.717) is 0 Å². The quantitative estimate of drug-likeness (QED) is 0.772. The molecule has 0 amide bonds. The summed E-state index contributed by atoms with van der Waals surface area (Å²) in [6.07, 6.45) is -5.12. The van der Waals surface area contributed by atoms with Crippen molar-refractivity contribution in [1.82, 2.24) is 4.72 Å². The second kappa shape index (κ2) is 6.12. The molecule has 0 saturated carbocycles. The minimum Gasteiger partial charge on any atom is -0.404 e. The number of rotatable bonds is 6. The zero-order valence-corrected chi connectivity index (χ0v) is 11.1. The van der Waals surface area contributed by atoms with Gasteiger partial charge >= 0.3 is 6.36 Å². The van der Waals surface area contributed by atoms with Crippen LogP contribution >= 0.6 is 0 Å². The van der Waals surface area contributed by atoms with Crippen LogP contribution in [0, 0.1) is 0 Å². The number of nitrogens with one attached hydrogen (secondary N) is 1. The van der Waals surface area contributed by atoms with Crippen LogP contribution in [-0.4, -0.2) is 33.8 Å². The van der Waals surface area contributed by atoms with Crippen LogP contribution < -0.4 is 15.2 Å². The average molecular weight is 334 g/mol. The largest absolute Gasteiger partial charge is 0.573 e. The summed E-state index contributed by atoms with van der Waals surface area (Å²) >= 11 is 0. The number of alkyl halides is 5. The van der Waals surface area contributed by atoms with Crippen LogP contribution in [0.4, 0.5) is 22.0 Å². The van der Waals surface area contributed by atoms with E-state index < -0.39 is 46.0 Å². The Kier molecular flexibility index (Phi) is 5.12. The molecular weight excluding hydrogens is 323 g/mol. The van der Waals surface area contributed by atoms with Gasteiger partial charge in [-0.15, -0.1) is 13.2 Å². The number of ether oxygens (including phenoxy) is 1. The Balaban J connectivity index is 3.04. The number of sulfonamides is 1. The first kappa shape index (κ1) is 17.6. The molecule has 0 aliphatic carbocycles. The highest BCUT2D eigenvalue weighted by Gasteiger charge is 2.35. The molecule has 1 aromatic rings. The van der Waals surface area contributed by atoms with E-state index in [9.17, 15) is 30.4 Å². The monoisotopic (exact) mass is 334 g/mol. The van der Waals surface area contributed by atoms with E-state index in [4.69, 9.17) is 5.73 Å². The van der Waals surface area contributed by atoms with E-state index in [1.54, 1.807) is 0 Å². The molecule has 0 aromatic heterocycles. The standard InChI is InChI=1S/C10H11F5N2O3S/c11-9(12,5-16)6-17-21(18,19)8-4-2-1-3-7(8)20-10(13,14)15/h1-4,17H,5-6,16H2. The molecule has 1 rings (SSSR count). The summed E-state index contributed by atoms with van der Waals surface area (Å²) in [5.74, 6) is -4.54. The summed E-state index contributed by atoms with van der Waals surface area (Å²) in [5, 5.41) is 0. The van der Waals surface area contributed by atoms with Gasteiger partial charge in [0.15, 0.2) is 0 Å². The number of hydrogen-bond acceptors (Lipinski definition) is 4. The van der Waals surface area contributed by atoms with Gasteiger partial charge in [-0.2, -0.15) is 0 Å². The van der Waals surface area contributed by atoms with E-state index in [1.165, 1.54) is 4.72 Å². The second-order valence-electron chi connectivity index (χ2n) is 3.88. The van der Waals surface area contributed by atoms with Crippen molar-refractivity contribution < 1.29 is 35.1 Å². The van der Waals surface area contributed by atoms with Gasteiger partial charge in [0.1, 0.15) is 10.6 Å². The van der Waals surface area contributed by atoms with E-state index in [1.807, 2.05) is 0 Å². The molecule has 0 spiro atoms. The maximum atomic E-state index is 12.9. The highest BCUT2D eigenvalue weighted by atomic mass is 32.2. The first-order chi connectivity index (χ1) is 9.47. The molecule has 0 bridgehead atoms. The molecule has 3 N–H and O–H groups in total. The highest BCUT2D eigenvalue weighted by molar-refractivity contribution is 7.89. The van der Waals surface area contributed by atoms with Gasteiger partial charge in [-0.3, -0.25) is 0 Å². The molecule has 0 unspecified atom stereocenters. The summed E-state index contributed by atoms with van der Waals surface area (Å²) in [7, 11) is -4.62. The van der Waals surface area contributed by atoms with E-state index in [2.05, 4.69) is 4.74 Å². The van der Waals surface area contributed by atoms with E-state index in [-0.39, 0.29) is 0 Å². The van der Waals surface area contributed by atoms with Crippen LogP contribution in [0.1, 0.15) is 0 Å². The third-order valence-electron chi connectivity index (χ3n) is 2.18. The number of para-hydroxylation sites is 1. The summed E-state index contributed by atoms with van der Waals surface area (Å²) in [6, 6.07) is 3.78. The lowest BCUT2D eigenvalue weighted by atomic mass is 10.3. The number of benzene rings is 1. The third-order valence-corrected chi connectivity index (χ3v) is 3.62. The fraction of sp³-hybridized carbons (Fsp3) is 0.400. The van der Waals surface area contributed by atoms with Gasteiger partial charge in [0, 0.05) is 0 Å². The SMILES string of the molecule is NCC(F)(F)CNS(=O)(=O)c1ccccc1OC(F)(F)F. The Bertz CT molecular complexity index is 589. The van der Waals surface area contributed by atoms with Crippen molar-refractivity contribution in [2.75, 3.05) is 13.1 Å². The van der Waals surface area contributed by atoms with Crippen molar-refractivity contribution in [3.05, 3.63) is 24.3 Å². The molecular formula is C10H11F5N2O3S. The van der Waals surface area contributed by atoms with Gasteiger partial charge in [0.2, 0.25) is 10.0 Å². The average Bonchev–Trinajstić information content (AvgIpc) is 2.35. The second-order valence-corrected chi connectivity index (χ2v) is 5.61. The summed E-state index contributed by atoms with van der Waals surface area (Å²) in [4.78, 5) is -0.907. The summed E-state index contributed by atoms with van der Waals surface area (Å²) < 4.78 is 90.9. The first-order valence-corrected chi connectivity index (χ1v) is 6.87. The lowest BCUT2D eigenvalue weighted by Gasteiger charge is -2.17. The number of nitrogens with two attached hydrogens (primary N) is 1. The highest BCUT2D eigenvalue weighted by Crippen LogP contribution is 2.29. The van der Waals surface area contributed by atoms with Crippen molar-refractivity contribution >= 4 is 10.0 Å². The van der Waals surface area contributed by atoms with Crippen LogP contribution in [0.3, 0.4) is 0 Å². The van der Waals surface area contributed by atoms with Crippen LogP contribution in [0.25, 0.3) is 0 Å².